The molecule has 1 heterocycles. The molecule has 7 heteroatoms. The average Bonchev–Trinajstić information content (AvgIpc) is 2.95. The standard InChI is InChI=1S/C15H21N5OS/c1-3-10-21-14-7-5-13(6-8-14)12-16-9-4-11-22-15-17-18-19-20(15)2/h3,5-8,16H,1,4,9-12H2,2H3/p+1. The van der Waals surface area contributed by atoms with Crippen molar-refractivity contribution >= 4 is 11.8 Å². The van der Waals surface area contributed by atoms with Crippen molar-refractivity contribution in [2.75, 3.05) is 18.9 Å². The lowest BCUT2D eigenvalue weighted by Gasteiger charge is -2.05. The number of aryl methyl sites for hydroxylation is 1. The average molecular weight is 320 g/mol. The summed E-state index contributed by atoms with van der Waals surface area (Å²) in [6.45, 7) is 6.26. The molecular weight excluding hydrogens is 298 g/mol. The molecule has 0 atom stereocenters. The highest BCUT2D eigenvalue weighted by atomic mass is 32.2. The zero-order valence-corrected chi connectivity index (χ0v) is 13.6. The molecule has 0 aliphatic rings. The van der Waals surface area contributed by atoms with Crippen LogP contribution in [0.2, 0.25) is 0 Å². The normalized spacial score (nSPS) is 10.6. The van der Waals surface area contributed by atoms with E-state index in [1.807, 2.05) is 19.2 Å². The van der Waals surface area contributed by atoms with Crippen LogP contribution in [0.1, 0.15) is 12.0 Å². The van der Waals surface area contributed by atoms with Crippen LogP contribution in [-0.4, -0.2) is 39.1 Å². The maximum absolute atomic E-state index is 5.46. The van der Waals surface area contributed by atoms with E-state index in [1.54, 1.807) is 22.5 Å². The maximum Gasteiger partial charge on any atom is 0.209 e. The van der Waals surface area contributed by atoms with Gasteiger partial charge in [-0.25, -0.2) is 4.68 Å². The SMILES string of the molecule is C=CCOc1ccc(C[NH2+]CCCSc2nnnn2C)cc1. The van der Waals surface area contributed by atoms with Crippen LogP contribution in [0.4, 0.5) is 0 Å². The highest BCUT2D eigenvalue weighted by Crippen LogP contribution is 2.13. The highest BCUT2D eigenvalue weighted by molar-refractivity contribution is 7.99. The van der Waals surface area contributed by atoms with Crippen LogP contribution in [-0.2, 0) is 13.6 Å². The lowest BCUT2D eigenvalue weighted by Crippen LogP contribution is -2.82. The Kier molecular flexibility index (Phi) is 6.92. The minimum Gasteiger partial charge on any atom is -0.490 e. The number of hydrogen-bond donors (Lipinski definition) is 1. The van der Waals surface area contributed by atoms with Crippen molar-refractivity contribution in [2.45, 2.75) is 18.1 Å². The molecule has 0 aliphatic carbocycles. The van der Waals surface area contributed by atoms with Crippen molar-refractivity contribution < 1.29 is 10.1 Å². The number of thioether (sulfide) groups is 1. The molecule has 0 bridgehead atoms. The molecular formula is C15H22N5OS+. The van der Waals surface area contributed by atoms with E-state index in [9.17, 15) is 0 Å². The van der Waals surface area contributed by atoms with E-state index in [1.165, 1.54) is 5.56 Å². The Balaban J connectivity index is 1.58. The van der Waals surface area contributed by atoms with Gasteiger partial charge in [0.1, 0.15) is 18.9 Å². The second-order valence-corrected chi connectivity index (χ2v) is 5.87. The lowest BCUT2D eigenvalue weighted by atomic mass is 10.2. The quantitative estimate of drug-likeness (QED) is 0.402. The third-order valence-corrected chi connectivity index (χ3v) is 4.13. The Labute approximate surface area is 134 Å². The third kappa shape index (κ3) is 5.50. The van der Waals surface area contributed by atoms with Crippen LogP contribution in [0.15, 0.2) is 42.1 Å². The van der Waals surface area contributed by atoms with Gasteiger partial charge in [-0.2, -0.15) is 0 Å². The highest BCUT2D eigenvalue weighted by Gasteiger charge is 2.02. The molecule has 0 spiro atoms. The summed E-state index contributed by atoms with van der Waals surface area (Å²) < 4.78 is 7.16. The number of rotatable bonds is 10. The van der Waals surface area contributed by atoms with Crippen molar-refractivity contribution in [3.8, 4) is 5.75 Å². The van der Waals surface area contributed by atoms with Crippen LogP contribution in [0.5, 0.6) is 5.75 Å². The second-order valence-electron chi connectivity index (χ2n) is 4.81. The molecule has 2 rings (SSSR count). The third-order valence-electron chi connectivity index (χ3n) is 3.04. The molecule has 2 aromatic rings. The van der Waals surface area contributed by atoms with Crippen LogP contribution >= 0.6 is 11.8 Å². The maximum atomic E-state index is 5.46. The predicted octanol–water partition coefficient (Wildman–Crippen LogP) is 1.02. The molecule has 118 valence electrons. The van der Waals surface area contributed by atoms with Gasteiger partial charge in [0, 0.05) is 24.8 Å². The van der Waals surface area contributed by atoms with E-state index >= 15 is 0 Å². The van der Waals surface area contributed by atoms with Gasteiger partial charge in [0.15, 0.2) is 0 Å². The molecule has 2 N–H and O–H groups in total. The van der Waals surface area contributed by atoms with Crippen LogP contribution in [0, 0.1) is 0 Å². The Morgan fingerprint density at radius 1 is 1.36 bits per heavy atom. The largest absolute Gasteiger partial charge is 0.490 e. The van der Waals surface area contributed by atoms with E-state index < -0.39 is 0 Å². The fourth-order valence-electron chi connectivity index (χ4n) is 1.88. The molecule has 1 aromatic carbocycles. The van der Waals surface area contributed by atoms with Crippen molar-refractivity contribution in [1.82, 2.24) is 20.2 Å². The van der Waals surface area contributed by atoms with Gasteiger partial charge in [0.05, 0.1) is 6.54 Å². The molecule has 0 unspecified atom stereocenters. The van der Waals surface area contributed by atoms with E-state index in [4.69, 9.17) is 4.74 Å². The summed E-state index contributed by atoms with van der Waals surface area (Å²) in [6, 6.07) is 8.22. The Bertz CT molecular complexity index is 570. The zero-order valence-electron chi connectivity index (χ0n) is 12.8. The van der Waals surface area contributed by atoms with Crippen molar-refractivity contribution in [3.63, 3.8) is 0 Å². The van der Waals surface area contributed by atoms with Gasteiger partial charge in [-0.05, 0) is 34.7 Å². The first-order chi connectivity index (χ1) is 10.8. The number of ether oxygens (including phenoxy) is 1. The van der Waals surface area contributed by atoms with Crippen LogP contribution < -0.4 is 10.1 Å². The molecule has 6 nitrogen and oxygen atoms in total. The molecule has 0 saturated heterocycles. The number of quaternary nitrogens is 1. The predicted molar refractivity (Wildman–Crippen MR) is 86.8 cm³/mol. The van der Waals surface area contributed by atoms with Gasteiger partial charge in [-0.3, -0.25) is 0 Å². The molecule has 0 fully saturated rings. The number of hydrogen-bond acceptors (Lipinski definition) is 5. The summed E-state index contributed by atoms with van der Waals surface area (Å²) in [5.41, 5.74) is 1.30. The molecule has 0 aliphatic heterocycles. The minimum atomic E-state index is 0.546. The summed E-state index contributed by atoms with van der Waals surface area (Å²) in [5, 5.41) is 14.6. The minimum absolute atomic E-state index is 0.546. The van der Waals surface area contributed by atoms with Crippen LogP contribution in [0.3, 0.4) is 0 Å². The first kappa shape index (κ1) is 16.5. The van der Waals surface area contributed by atoms with Gasteiger partial charge in [-0.15, -0.1) is 5.10 Å². The first-order valence-electron chi connectivity index (χ1n) is 7.29. The smallest absolute Gasteiger partial charge is 0.209 e. The van der Waals surface area contributed by atoms with Gasteiger partial charge in [0.25, 0.3) is 0 Å². The van der Waals surface area contributed by atoms with Crippen molar-refractivity contribution in [3.05, 3.63) is 42.5 Å². The fraction of sp³-hybridized carbons (Fsp3) is 0.400. The van der Waals surface area contributed by atoms with Gasteiger partial charge in [0.2, 0.25) is 5.16 Å². The number of tetrazole rings is 1. The Morgan fingerprint density at radius 3 is 2.86 bits per heavy atom. The summed E-state index contributed by atoms with van der Waals surface area (Å²) >= 11 is 1.69. The summed E-state index contributed by atoms with van der Waals surface area (Å²) in [6.07, 6.45) is 2.87. The van der Waals surface area contributed by atoms with Gasteiger partial charge >= 0.3 is 0 Å². The summed E-state index contributed by atoms with van der Waals surface area (Å²) in [4.78, 5) is 0. The molecule has 1 aromatic heterocycles. The van der Waals surface area contributed by atoms with E-state index in [0.29, 0.717) is 6.61 Å². The van der Waals surface area contributed by atoms with E-state index in [0.717, 1.165) is 36.2 Å². The first-order valence-corrected chi connectivity index (χ1v) is 8.27. The Hall–Kier alpha value is -1.86. The second kappa shape index (κ2) is 9.22. The summed E-state index contributed by atoms with van der Waals surface area (Å²) in [5.74, 6) is 1.91. The van der Waals surface area contributed by atoms with E-state index in [2.05, 4.69) is 39.6 Å². The number of nitrogens with zero attached hydrogens (tertiary/aromatic N) is 4. The lowest BCUT2D eigenvalue weighted by molar-refractivity contribution is -0.670. The molecule has 0 saturated carbocycles. The van der Waals surface area contributed by atoms with Crippen molar-refractivity contribution in [2.24, 2.45) is 7.05 Å². The number of benzene rings is 1. The molecule has 0 amide bonds. The topological polar surface area (TPSA) is 69.4 Å². The monoisotopic (exact) mass is 320 g/mol. The molecule has 0 radical (unpaired) electrons. The van der Waals surface area contributed by atoms with Crippen LogP contribution in [0.25, 0.3) is 0 Å². The molecule has 22 heavy (non-hydrogen) atoms. The number of aromatic nitrogens is 4. The zero-order chi connectivity index (χ0) is 15.6. The van der Waals surface area contributed by atoms with E-state index in [-0.39, 0.29) is 0 Å². The van der Waals surface area contributed by atoms with Gasteiger partial charge in [-0.1, -0.05) is 24.4 Å². The number of nitrogens with two attached hydrogens (primary N) is 1. The van der Waals surface area contributed by atoms with Gasteiger partial charge < -0.3 is 10.1 Å². The summed E-state index contributed by atoms with van der Waals surface area (Å²) in [7, 11) is 1.86. The fourth-order valence-corrected chi connectivity index (χ4v) is 2.69. The van der Waals surface area contributed by atoms with Crippen molar-refractivity contribution in [1.29, 1.82) is 0 Å². The Morgan fingerprint density at radius 2 is 2.18 bits per heavy atom.